The Bertz CT molecular complexity index is 981. The van der Waals surface area contributed by atoms with Crippen molar-refractivity contribution in [3.05, 3.63) is 10.4 Å². The molecule has 5 atom stereocenters. The summed E-state index contributed by atoms with van der Waals surface area (Å²) in [6.45, 7) is 0.105. The summed E-state index contributed by atoms with van der Waals surface area (Å²) >= 11 is 1.53. The molecule has 0 aromatic carbocycles. The van der Waals surface area contributed by atoms with E-state index >= 15 is 0 Å². The zero-order chi connectivity index (χ0) is 20.8. The summed E-state index contributed by atoms with van der Waals surface area (Å²) in [6, 6.07) is 0. The first-order valence-electron chi connectivity index (χ1n) is 10.0. The predicted molar refractivity (Wildman–Crippen MR) is 110 cm³/mol. The number of anilines is 1. The molecule has 164 valence electrons. The number of nitrogens with two attached hydrogens (primary N) is 1. The molecule has 0 spiro atoms. The second-order valence-corrected chi connectivity index (χ2v) is 9.79. The Balaban J connectivity index is 1.51. The van der Waals surface area contributed by atoms with Gasteiger partial charge in [0.2, 0.25) is 5.95 Å². The lowest BCUT2D eigenvalue weighted by atomic mass is 9.91. The summed E-state index contributed by atoms with van der Waals surface area (Å²) < 4.78 is 18.1. The minimum atomic E-state index is -2.06. The van der Waals surface area contributed by atoms with Crippen LogP contribution in [0.15, 0.2) is 9.95 Å². The van der Waals surface area contributed by atoms with E-state index in [4.69, 9.17) is 19.5 Å². The van der Waals surface area contributed by atoms with E-state index in [0.717, 1.165) is 5.75 Å². The van der Waals surface area contributed by atoms with Gasteiger partial charge in [-0.2, -0.15) is 4.98 Å². The van der Waals surface area contributed by atoms with Crippen LogP contribution < -0.4 is 11.3 Å². The van der Waals surface area contributed by atoms with Crippen LogP contribution in [0.1, 0.15) is 38.3 Å². The maximum atomic E-state index is 12.4. The molecule has 1 saturated carbocycles. The van der Waals surface area contributed by atoms with Crippen molar-refractivity contribution in [1.29, 1.82) is 0 Å². The molecule has 2 aliphatic heterocycles. The first-order valence-corrected chi connectivity index (χ1v) is 12.2. The SMILES string of the molecule is Nc1nc2c(nc(SCC3CCCCC3)n2C2OC3COP(O)OC3C2O)c(=O)[nH]1. The maximum absolute atomic E-state index is 12.4. The lowest BCUT2D eigenvalue weighted by Crippen LogP contribution is -2.38. The minimum Gasteiger partial charge on any atom is -0.386 e. The summed E-state index contributed by atoms with van der Waals surface area (Å²) in [5.74, 6) is 1.40. The van der Waals surface area contributed by atoms with Crippen LogP contribution in [-0.4, -0.2) is 60.2 Å². The van der Waals surface area contributed by atoms with Gasteiger partial charge in [-0.15, -0.1) is 0 Å². The highest BCUT2D eigenvalue weighted by Crippen LogP contribution is 2.47. The average Bonchev–Trinajstić information content (AvgIpc) is 3.25. The molecular formula is C17H24N5O6PS. The number of nitrogens with one attached hydrogen (secondary N) is 1. The predicted octanol–water partition coefficient (Wildman–Crippen LogP) is 1.27. The normalized spacial score (nSPS) is 32.5. The Morgan fingerprint density at radius 2 is 2.10 bits per heavy atom. The Morgan fingerprint density at radius 3 is 2.90 bits per heavy atom. The fourth-order valence-corrected chi connectivity index (χ4v) is 6.33. The number of hydrogen-bond donors (Lipinski definition) is 4. The van der Waals surface area contributed by atoms with Crippen molar-refractivity contribution in [2.24, 2.45) is 5.92 Å². The van der Waals surface area contributed by atoms with E-state index in [1.54, 1.807) is 4.57 Å². The van der Waals surface area contributed by atoms with E-state index in [0.29, 0.717) is 11.1 Å². The molecule has 2 aromatic rings. The van der Waals surface area contributed by atoms with Crippen LogP contribution >= 0.6 is 20.4 Å². The summed E-state index contributed by atoms with van der Waals surface area (Å²) in [4.78, 5) is 33.3. The van der Waals surface area contributed by atoms with Gasteiger partial charge >= 0.3 is 8.60 Å². The van der Waals surface area contributed by atoms with Gasteiger partial charge in [0, 0.05) is 5.75 Å². The number of nitrogens with zero attached hydrogens (tertiary/aromatic N) is 3. The number of imidazole rings is 1. The molecule has 2 saturated heterocycles. The second kappa shape index (κ2) is 8.34. The molecule has 0 radical (unpaired) electrons. The molecule has 11 nitrogen and oxygen atoms in total. The largest absolute Gasteiger partial charge is 0.386 e. The summed E-state index contributed by atoms with van der Waals surface area (Å²) in [7, 11) is -2.06. The molecule has 5 N–H and O–H groups in total. The Labute approximate surface area is 177 Å². The van der Waals surface area contributed by atoms with Gasteiger partial charge in [-0.05, 0) is 18.8 Å². The van der Waals surface area contributed by atoms with Crippen LogP contribution in [0.25, 0.3) is 11.2 Å². The zero-order valence-corrected chi connectivity index (χ0v) is 17.8. The lowest BCUT2D eigenvalue weighted by Gasteiger charge is -2.27. The van der Waals surface area contributed by atoms with Crippen LogP contribution in [0.3, 0.4) is 0 Å². The summed E-state index contributed by atoms with van der Waals surface area (Å²) in [5.41, 5.74) is 5.71. The third-order valence-corrected chi connectivity index (χ3v) is 7.81. The summed E-state index contributed by atoms with van der Waals surface area (Å²) in [5, 5.41) is 11.4. The van der Waals surface area contributed by atoms with Gasteiger partial charge in [-0.25, -0.2) is 4.98 Å². The number of thioether (sulfide) groups is 1. The van der Waals surface area contributed by atoms with E-state index in [2.05, 4.69) is 15.0 Å². The van der Waals surface area contributed by atoms with Crippen LogP contribution in [0.4, 0.5) is 5.95 Å². The van der Waals surface area contributed by atoms with Crippen molar-refractivity contribution in [2.45, 2.75) is 61.8 Å². The Kier molecular flexibility index (Phi) is 5.74. The zero-order valence-electron chi connectivity index (χ0n) is 16.1. The number of rotatable bonds is 4. The number of ether oxygens (including phenoxy) is 1. The number of aromatic nitrogens is 4. The maximum Gasteiger partial charge on any atom is 0.330 e. The smallest absolute Gasteiger partial charge is 0.330 e. The van der Waals surface area contributed by atoms with E-state index < -0.39 is 38.7 Å². The van der Waals surface area contributed by atoms with E-state index in [-0.39, 0.29) is 23.7 Å². The number of fused-ring (bicyclic) bond motifs is 2. The van der Waals surface area contributed by atoms with E-state index in [9.17, 15) is 14.8 Å². The van der Waals surface area contributed by atoms with Crippen LogP contribution in [0, 0.1) is 5.92 Å². The number of aromatic amines is 1. The molecule has 3 fully saturated rings. The monoisotopic (exact) mass is 457 g/mol. The van der Waals surface area contributed by atoms with Crippen molar-refractivity contribution in [2.75, 3.05) is 18.1 Å². The molecule has 0 amide bonds. The number of aliphatic hydroxyl groups is 1. The Morgan fingerprint density at radius 1 is 1.30 bits per heavy atom. The number of hydrogen-bond acceptors (Lipinski definition) is 10. The van der Waals surface area contributed by atoms with Gasteiger partial charge in [0.1, 0.15) is 18.3 Å². The van der Waals surface area contributed by atoms with Crippen molar-refractivity contribution in [3.8, 4) is 0 Å². The minimum absolute atomic E-state index is 0.0409. The van der Waals surface area contributed by atoms with Gasteiger partial charge < -0.3 is 29.5 Å². The average molecular weight is 457 g/mol. The summed E-state index contributed by atoms with van der Waals surface area (Å²) in [6.07, 6.45) is 2.81. The van der Waals surface area contributed by atoms with Crippen molar-refractivity contribution >= 4 is 37.5 Å². The van der Waals surface area contributed by atoms with Crippen LogP contribution in [-0.2, 0) is 13.8 Å². The molecule has 30 heavy (non-hydrogen) atoms. The topological polar surface area (TPSA) is 158 Å². The number of H-pyrrole nitrogens is 1. The van der Waals surface area contributed by atoms with Crippen LogP contribution in [0.2, 0.25) is 0 Å². The third-order valence-electron chi connectivity index (χ3n) is 5.83. The molecule has 5 rings (SSSR count). The molecule has 2 aromatic heterocycles. The van der Waals surface area contributed by atoms with Gasteiger partial charge in [0.25, 0.3) is 5.56 Å². The van der Waals surface area contributed by atoms with Gasteiger partial charge in [0.15, 0.2) is 22.5 Å². The fraction of sp³-hybridized carbons (Fsp3) is 0.706. The number of nitrogen functional groups attached to an aromatic ring is 1. The molecule has 1 aliphatic carbocycles. The highest BCUT2D eigenvalue weighted by atomic mass is 32.2. The van der Waals surface area contributed by atoms with Crippen LogP contribution in [0.5, 0.6) is 0 Å². The quantitative estimate of drug-likeness (QED) is 0.389. The molecule has 4 heterocycles. The van der Waals surface area contributed by atoms with Crippen molar-refractivity contribution in [1.82, 2.24) is 19.5 Å². The Hall–Kier alpha value is -1.27. The van der Waals surface area contributed by atoms with Crippen molar-refractivity contribution < 1.29 is 23.8 Å². The van der Waals surface area contributed by atoms with E-state index in [1.807, 2.05) is 0 Å². The number of aliphatic hydroxyl groups excluding tert-OH is 1. The molecule has 5 unspecified atom stereocenters. The second-order valence-electron chi connectivity index (χ2n) is 7.86. The standard InChI is InChI=1S/C17H24N5O6PS/c18-16-20-13-10(14(24)21-16)19-17(30-7-8-4-2-1-3-5-8)22(13)15-11(23)12-9(27-15)6-26-29(25)28-12/h8-9,11-12,15,23,25H,1-7H2,(H3,18,20,21,24). The van der Waals surface area contributed by atoms with Gasteiger partial charge in [-0.3, -0.25) is 14.3 Å². The molecular weight excluding hydrogens is 433 g/mol. The first-order chi connectivity index (χ1) is 14.5. The highest BCUT2D eigenvalue weighted by Gasteiger charge is 2.50. The van der Waals surface area contributed by atoms with Gasteiger partial charge in [-0.1, -0.05) is 31.0 Å². The third kappa shape index (κ3) is 3.75. The van der Waals surface area contributed by atoms with Crippen molar-refractivity contribution in [3.63, 3.8) is 0 Å². The van der Waals surface area contributed by atoms with Gasteiger partial charge in [0.05, 0.1) is 6.61 Å². The fourth-order valence-electron chi connectivity index (χ4n) is 4.33. The molecule has 3 aliphatic rings. The highest BCUT2D eigenvalue weighted by molar-refractivity contribution is 7.99. The molecule has 0 bridgehead atoms. The van der Waals surface area contributed by atoms with E-state index in [1.165, 1.54) is 43.9 Å². The molecule has 13 heteroatoms. The lowest BCUT2D eigenvalue weighted by molar-refractivity contribution is -0.0614. The first kappa shape index (κ1) is 20.6.